The first-order valence-corrected chi connectivity index (χ1v) is 9.67. The summed E-state index contributed by atoms with van der Waals surface area (Å²) in [7, 11) is 1.60. The normalized spacial score (nSPS) is 12.0. The molecule has 0 radical (unpaired) electrons. The second-order valence-electron chi connectivity index (χ2n) is 7.14. The highest BCUT2D eigenvalue weighted by molar-refractivity contribution is 5.91. The summed E-state index contributed by atoms with van der Waals surface area (Å²) in [5.74, 6) is -0.406. The minimum atomic E-state index is -0.468. The summed E-state index contributed by atoms with van der Waals surface area (Å²) >= 11 is 0. The number of para-hydroxylation sites is 2. The van der Waals surface area contributed by atoms with Crippen LogP contribution < -0.4 is 10.1 Å². The monoisotopic (exact) mass is 403 g/mol. The number of anilines is 1. The van der Waals surface area contributed by atoms with Crippen molar-refractivity contribution in [2.24, 2.45) is 0 Å². The average Bonchev–Trinajstić information content (AvgIpc) is 3.16. The minimum Gasteiger partial charge on any atom is -0.496 e. The Kier molecular flexibility index (Phi) is 5.48. The van der Waals surface area contributed by atoms with Crippen LogP contribution in [0, 0.1) is 12.7 Å². The van der Waals surface area contributed by atoms with Crippen LogP contribution in [0.4, 0.5) is 10.1 Å². The van der Waals surface area contributed by atoms with Crippen molar-refractivity contribution >= 4 is 17.2 Å². The molecule has 0 saturated heterocycles. The number of carbonyl (C=O) groups is 1. The number of pyridine rings is 1. The maximum absolute atomic E-state index is 14.0. The first-order valence-electron chi connectivity index (χ1n) is 9.67. The number of rotatable bonds is 6. The van der Waals surface area contributed by atoms with E-state index in [2.05, 4.69) is 10.3 Å². The molecule has 2 aromatic carbocycles. The highest BCUT2D eigenvalue weighted by Gasteiger charge is 2.25. The molecule has 5 nitrogen and oxygen atoms in total. The van der Waals surface area contributed by atoms with E-state index in [0.29, 0.717) is 5.75 Å². The molecule has 2 heterocycles. The van der Waals surface area contributed by atoms with E-state index in [0.717, 1.165) is 22.5 Å². The van der Waals surface area contributed by atoms with Crippen LogP contribution in [-0.4, -0.2) is 22.4 Å². The number of carbonyl (C=O) groups excluding carboxylic acids is 1. The quantitative estimate of drug-likeness (QED) is 0.496. The molecule has 152 valence electrons. The van der Waals surface area contributed by atoms with Gasteiger partial charge >= 0.3 is 0 Å². The number of aryl methyl sites for hydroxylation is 1. The van der Waals surface area contributed by atoms with Crippen LogP contribution in [0.3, 0.4) is 0 Å². The fourth-order valence-electron chi connectivity index (χ4n) is 3.64. The zero-order chi connectivity index (χ0) is 21.1. The molecule has 0 aliphatic heterocycles. The molecule has 30 heavy (non-hydrogen) atoms. The van der Waals surface area contributed by atoms with Gasteiger partial charge in [0.2, 0.25) is 5.91 Å². The molecule has 1 atom stereocenters. The zero-order valence-electron chi connectivity index (χ0n) is 16.8. The average molecular weight is 403 g/mol. The van der Waals surface area contributed by atoms with E-state index >= 15 is 0 Å². The van der Waals surface area contributed by atoms with Gasteiger partial charge in [-0.1, -0.05) is 30.3 Å². The van der Waals surface area contributed by atoms with Crippen LogP contribution in [0.15, 0.2) is 73.1 Å². The molecule has 4 aromatic rings. The Morgan fingerprint density at radius 1 is 1.17 bits per heavy atom. The summed E-state index contributed by atoms with van der Waals surface area (Å²) in [6.07, 6.45) is 3.84. The minimum absolute atomic E-state index is 0.108. The van der Waals surface area contributed by atoms with Crippen molar-refractivity contribution in [3.8, 4) is 5.75 Å². The number of imidazole rings is 1. The molecular formula is C24H22FN3O2. The van der Waals surface area contributed by atoms with Crippen LogP contribution in [0.5, 0.6) is 5.75 Å². The van der Waals surface area contributed by atoms with Gasteiger partial charge in [0.15, 0.2) is 0 Å². The van der Waals surface area contributed by atoms with Crippen LogP contribution in [0.25, 0.3) is 5.65 Å². The third-order valence-corrected chi connectivity index (χ3v) is 5.11. The highest BCUT2D eigenvalue weighted by atomic mass is 19.1. The van der Waals surface area contributed by atoms with Gasteiger partial charge in [0.1, 0.15) is 17.2 Å². The Hall–Kier alpha value is -3.67. The molecule has 0 spiro atoms. The number of hydrogen-bond donors (Lipinski definition) is 1. The second-order valence-corrected chi connectivity index (χ2v) is 7.14. The summed E-state index contributed by atoms with van der Waals surface area (Å²) in [5, 5.41) is 2.68. The molecule has 2 aromatic heterocycles. The fraction of sp³-hybridized carbons (Fsp3) is 0.167. The Balaban J connectivity index is 1.74. The standard InChI is InChI=1S/C24H22FN3O2/c1-16-11-12-28-21(15-26-23(28)13-16)18(17-7-3-6-10-22(17)30-2)14-24(29)27-20-9-5-4-8-19(20)25/h3-13,15,18H,14H2,1-2H3,(H,27,29)/t18-/m0/s1. The summed E-state index contributed by atoms with van der Waals surface area (Å²) in [6, 6.07) is 17.7. The lowest BCUT2D eigenvalue weighted by Gasteiger charge is -2.20. The topological polar surface area (TPSA) is 55.6 Å². The largest absolute Gasteiger partial charge is 0.496 e. The molecule has 0 aliphatic carbocycles. The summed E-state index contributed by atoms with van der Waals surface area (Å²) in [5.41, 5.74) is 3.80. The number of ether oxygens (including phenoxy) is 1. The second kappa shape index (κ2) is 8.37. The van der Waals surface area contributed by atoms with Gasteiger partial charge < -0.3 is 14.5 Å². The van der Waals surface area contributed by atoms with Gasteiger partial charge in [-0.05, 0) is 42.8 Å². The van der Waals surface area contributed by atoms with E-state index in [9.17, 15) is 9.18 Å². The van der Waals surface area contributed by atoms with Crippen LogP contribution in [0.2, 0.25) is 0 Å². The van der Waals surface area contributed by atoms with E-state index in [1.54, 1.807) is 31.5 Å². The molecule has 0 unspecified atom stereocenters. The van der Waals surface area contributed by atoms with Gasteiger partial charge in [0.05, 0.1) is 18.5 Å². The molecule has 6 heteroatoms. The SMILES string of the molecule is COc1ccccc1[C@H](CC(=O)Nc1ccccc1F)c1cnc2cc(C)ccn12. The molecule has 0 aliphatic rings. The molecule has 4 rings (SSSR count). The lowest BCUT2D eigenvalue weighted by Crippen LogP contribution is -2.18. The van der Waals surface area contributed by atoms with Gasteiger partial charge in [-0.3, -0.25) is 4.79 Å². The summed E-state index contributed by atoms with van der Waals surface area (Å²) < 4.78 is 21.5. The van der Waals surface area contributed by atoms with Crippen LogP contribution in [0.1, 0.15) is 29.2 Å². The Morgan fingerprint density at radius 2 is 1.93 bits per heavy atom. The maximum Gasteiger partial charge on any atom is 0.225 e. The van der Waals surface area contributed by atoms with Gasteiger partial charge in [-0.25, -0.2) is 9.37 Å². The summed E-state index contributed by atoms with van der Waals surface area (Å²) in [4.78, 5) is 17.4. The van der Waals surface area contributed by atoms with Crippen LogP contribution in [-0.2, 0) is 4.79 Å². The van der Waals surface area contributed by atoms with E-state index in [-0.39, 0.29) is 23.9 Å². The van der Waals surface area contributed by atoms with E-state index in [4.69, 9.17) is 4.74 Å². The number of benzene rings is 2. The Morgan fingerprint density at radius 3 is 2.73 bits per heavy atom. The van der Waals surface area contributed by atoms with Crippen molar-refractivity contribution in [1.29, 1.82) is 0 Å². The lowest BCUT2D eigenvalue weighted by atomic mass is 9.91. The number of methoxy groups -OCH3 is 1. The third-order valence-electron chi connectivity index (χ3n) is 5.11. The van der Waals surface area contributed by atoms with Crippen molar-refractivity contribution in [3.05, 3.63) is 95.7 Å². The van der Waals surface area contributed by atoms with E-state index < -0.39 is 5.82 Å². The number of amides is 1. The van der Waals surface area contributed by atoms with Crippen molar-refractivity contribution in [2.75, 3.05) is 12.4 Å². The number of aromatic nitrogens is 2. The van der Waals surface area contributed by atoms with Gasteiger partial charge in [0.25, 0.3) is 0 Å². The maximum atomic E-state index is 14.0. The number of fused-ring (bicyclic) bond motifs is 1. The number of halogens is 1. The number of nitrogens with zero attached hydrogens (tertiary/aromatic N) is 2. The van der Waals surface area contributed by atoms with E-state index in [1.807, 2.05) is 53.9 Å². The zero-order valence-corrected chi connectivity index (χ0v) is 16.8. The smallest absolute Gasteiger partial charge is 0.225 e. The van der Waals surface area contributed by atoms with Gasteiger partial charge in [-0.2, -0.15) is 0 Å². The molecule has 0 saturated carbocycles. The van der Waals surface area contributed by atoms with Crippen molar-refractivity contribution in [3.63, 3.8) is 0 Å². The van der Waals surface area contributed by atoms with Crippen molar-refractivity contribution in [1.82, 2.24) is 9.38 Å². The number of nitrogens with one attached hydrogen (secondary N) is 1. The Labute approximate surface area is 174 Å². The molecule has 1 N–H and O–H groups in total. The molecular weight excluding hydrogens is 381 g/mol. The predicted molar refractivity (Wildman–Crippen MR) is 114 cm³/mol. The Bertz CT molecular complexity index is 1200. The third kappa shape index (κ3) is 3.89. The van der Waals surface area contributed by atoms with Gasteiger partial charge in [-0.15, -0.1) is 0 Å². The predicted octanol–water partition coefficient (Wildman–Crippen LogP) is 4.95. The van der Waals surface area contributed by atoms with Gasteiger partial charge in [0, 0.05) is 30.3 Å². The summed E-state index contributed by atoms with van der Waals surface area (Å²) in [6.45, 7) is 2.01. The van der Waals surface area contributed by atoms with Crippen molar-refractivity contribution in [2.45, 2.75) is 19.3 Å². The number of hydrogen-bond acceptors (Lipinski definition) is 3. The van der Waals surface area contributed by atoms with Crippen LogP contribution >= 0.6 is 0 Å². The van der Waals surface area contributed by atoms with Crippen molar-refractivity contribution < 1.29 is 13.9 Å². The molecule has 0 bridgehead atoms. The highest BCUT2D eigenvalue weighted by Crippen LogP contribution is 2.35. The molecule has 1 amide bonds. The first-order chi connectivity index (χ1) is 14.6. The lowest BCUT2D eigenvalue weighted by molar-refractivity contribution is -0.116. The first kappa shape index (κ1) is 19.6. The van der Waals surface area contributed by atoms with E-state index in [1.165, 1.54) is 6.07 Å². The fourth-order valence-corrected chi connectivity index (χ4v) is 3.64. The molecule has 0 fully saturated rings.